The van der Waals surface area contributed by atoms with Gasteiger partial charge in [-0.1, -0.05) is 68.2 Å². The van der Waals surface area contributed by atoms with Crippen LogP contribution in [0.3, 0.4) is 0 Å². The lowest BCUT2D eigenvalue weighted by molar-refractivity contribution is 0.395. The Balaban J connectivity index is 1.76. The Bertz CT molecular complexity index is 1170. The van der Waals surface area contributed by atoms with Gasteiger partial charge in [-0.05, 0) is 55.2 Å². The zero-order valence-electron chi connectivity index (χ0n) is 20.3. The second-order valence-electron chi connectivity index (χ2n) is 8.49. The van der Waals surface area contributed by atoms with Crippen molar-refractivity contribution in [3.63, 3.8) is 0 Å². The van der Waals surface area contributed by atoms with Gasteiger partial charge >= 0.3 is 0 Å². The summed E-state index contributed by atoms with van der Waals surface area (Å²) < 4.78 is 11.2. The van der Waals surface area contributed by atoms with Crippen LogP contribution >= 0.6 is 12.2 Å². The Kier molecular flexibility index (Phi) is 7.63. The summed E-state index contributed by atoms with van der Waals surface area (Å²) in [7, 11) is 1.65. The van der Waals surface area contributed by atoms with Gasteiger partial charge in [-0.3, -0.25) is 0 Å². The summed E-state index contributed by atoms with van der Waals surface area (Å²) in [5.41, 5.74) is 5.25. The summed E-state index contributed by atoms with van der Waals surface area (Å²) >= 11 is 5.79. The summed E-state index contributed by atoms with van der Waals surface area (Å²) in [4.78, 5) is 6.95. The highest BCUT2D eigenvalue weighted by Crippen LogP contribution is 2.37. The fraction of sp³-hybridized carbons (Fsp3) is 0.370. The highest BCUT2D eigenvalue weighted by atomic mass is 32.1. The molecule has 1 aromatic heterocycles. The summed E-state index contributed by atoms with van der Waals surface area (Å²) in [6.45, 7) is 7.31. The van der Waals surface area contributed by atoms with E-state index in [0.29, 0.717) is 11.7 Å². The summed E-state index contributed by atoms with van der Waals surface area (Å²) in [5, 5.41) is 8.57. The number of hydrogen-bond acceptors (Lipinski definition) is 5. The molecular weight excluding hydrogens is 444 g/mol. The van der Waals surface area contributed by atoms with E-state index in [-0.39, 0.29) is 6.04 Å². The van der Waals surface area contributed by atoms with Gasteiger partial charge in [0.1, 0.15) is 5.75 Å². The standard InChI is InChI=1S/C27H32N4O2S/c1-5-7-8-16-31-18(3)23(24(28-27(31)34)20-14-12-19(6-2)13-15-20)26-29-25(30-33-26)21-10-9-11-22(17-21)32-4/h9-15,17,24H,5-8,16H2,1-4H3,(H,28,34). The third-order valence-corrected chi connectivity index (χ3v) is 6.63. The monoisotopic (exact) mass is 476 g/mol. The zero-order chi connectivity index (χ0) is 24.1. The van der Waals surface area contributed by atoms with E-state index in [4.69, 9.17) is 26.5 Å². The van der Waals surface area contributed by atoms with Crippen molar-refractivity contribution in [1.29, 1.82) is 0 Å². The molecule has 3 aromatic rings. The van der Waals surface area contributed by atoms with Crippen LogP contribution in [0.4, 0.5) is 0 Å². The van der Waals surface area contributed by atoms with Crippen LogP contribution < -0.4 is 10.1 Å². The fourth-order valence-corrected chi connectivity index (χ4v) is 4.60. The molecule has 2 aromatic carbocycles. The van der Waals surface area contributed by atoms with Crippen molar-refractivity contribution in [2.24, 2.45) is 0 Å². The smallest absolute Gasteiger partial charge is 0.258 e. The molecule has 0 saturated heterocycles. The molecule has 7 heteroatoms. The molecule has 1 aliphatic heterocycles. The fourth-order valence-electron chi connectivity index (χ4n) is 4.26. The van der Waals surface area contributed by atoms with Crippen molar-refractivity contribution < 1.29 is 9.26 Å². The average Bonchev–Trinajstić information content (AvgIpc) is 3.35. The molecule has 34 heavy (non-hydrogen) atoms. The SMILES string of the molecule is CCCCCN1C(=S)NC(c2ccc(CC)cc2)C(c2nc(-c3cccc(OC)c3)no2)=C1C. The maximum atomic E-state index is 5.84. The molecule has 0 spiro atoms. The molecule has 0 bridgehead atoms. The molecule has 1 aliphatic rings. The molecule has 2 heterocycles. The molecule has 4 rings (SSSR count). The highest BCUT2D eigenvalue weighted by molar-refractivity contribution is 7.80. The second-order valence-corrected chi connectivity index (χ2v) is 8.88. The number of hydrogen-bond donors (Lipinski definition) is 1. The molecule has 1 atom stereocenters. The van der Waals surface area contributed by atoms with Crippen LogP contribution in [0.15, 0.2) is 58.8 Å². The van der Waals surface area contributed by atoms with Gasteiger partial charge in [-0.15, -0.1) is 0 Å². The maximum absolute atomic E-state index is 5.84. The lowest BCUT2D eigenvalue weighted by atomic mass is 9.93. The molecule has 0 amide bonds. The van der Waals surface area contributed by atoms with Crippen molar-refractivity contribution in [2.75, 3.05) is 13.7 Å². The number of ether oxygens (including phenoxy) is 1. The molecule has 6 nitrogen and oxygen atoms in total. The number of unbranched alkanes of at least 4 members (excludes halogenated alkanes) is 2. The van der Waals surface area contributed by atoms with Crippen LogP contribution in [0.1, 0.15) is 63.1 Å². The Morgan fingerprint density at radius 3 is 2.62 bits per heavy atom. The van der Waals surface area contributed by atoms with Crippen molar-refractivity contribution in [3.05, 3.63) is 71.2 Å². The minimum absolute atomic E-state index is 0.167. The number of allylic oxidation sites excluding steroid dienone is 1. The van der Waals surface area contributed by atoms with E-state index in [9.17, 15) is 0 Å². The quantitative estimate of drug-likeness (QED) is 0.293. The molecule has 0 aliphatic carbocycles. The number of aryl methyl sites for hydroxylation is 1. The number of methoxy groups -OCH3 is 1. The Morgan fingerprint density at radius 2 is 1.91 bits per heavy atom. The van der Waals surface area contributed by atoms with Gasteiger partial charge in [0.2, 0.25) is 5.82 Å². The number of aromatic nitrogens is 2. The van der Waals surface area contributed by atoms with Crippen LogP contribution in [0.2, 0.25) is 0 Å². The molecular formula is C27H32N4O2S. The summed E-state index contributed by atoms with van der Waals surface area (Å²) in [6, 6.07) is 16.1. The van der Waals surface area contributed by atoms with E-state index >= 15 is 0 Å². The third kappa shape index (κ3) is 4.99. The first-order valence-electron chi connectivity index (χ1n) is 11.9. The van der Waals surface area contributed by atoms with Crippen molar-refractivity contribution in [3.8, 4) is 17.1 Å². The Hall–Kier alpha value is -3.19. The van der Waals surface area contributed by atoms with E-state index in [2.05, 4.69) is 60.4 Å². The van der Waals surface area contributed by atoms with E-state index in [1.54, 1.807) is 7.11 Å². The van der Waals surface area contributed by atoms with Crippen LogP contribution in [-0.4, -0.2) is 33.8 Å². The van der Waals surface area contributed by atoms with Crippen LogP contribution in [0, 0.1) is 0 Å². The molecule has 0 radical (unpaired) electrons. The number of nitrogens with zero attached hydrogens (tertiary/aromatic N) is 3. The van der Waals surface area contributed by atoms with Crippen molar-refractivity contribution in [2.45, 2.75) is 52.5 Å². The van der Waals surface area contributed by atoms with Crippen LogP contribution in [0.25, 0.3) is 17.0 Å². The molecule has 1 unspecified atom stereocenters. The number of rotatable bonds is 9. The second kappa shape index (κ2) is 10.8. The largest absolute Gasteiger partial charge is 0.497 e. The van der Waals surface area contributed by atoms with Gasteiger partial charge in [0.25, 0.3) is 5.89 Å². The topological polar surface area (TPSA) is 63.4 Å². The van der Waals surface area contributed by atoms with Gasteiger partial charge in [-0.25, -0.2) is 0 Å². The average molecular weight is 477 g/mol. The van der Waals surface area contributed by atoms with Crippen LogP contribution in [-0.2, 0) is 6.42 Å². The molecule has 0 saturated carbocycles. The lowest BCUT2D eigenvalue weighted by Gasteiger charge is -2.37. The number of benzene rings is 2. The summed E-state index contributed by atoms with van der Waals surface area (Å²) in [5.74, 6) is 1.77. The summed E-state index contributed by atoms with van der Waals surface area (Å²) in [6.07, 6.45) is 4.38. The third-order valence-electron chi connectivity index (χ3n) is 6.29. The molecule has 178 valence electrons. The lowest BCUT2D eigenvalue weighted by Crippen LogP contribution is -2.46. The van der Waals surface area contributed by atoms with Crippen LogP contribution in [0.5, 0.6) is 5.75 Å². The van der Waals surface area contributed by atoms with Gasteiger partial charge in [0.05, 0.1) is 18.7 Å². The first-order valence-corrected chi connectivity index (χ1v) is 12.3. The number of thiocarbonyl (C=S) groups is 1. The molecule has 1 N–H and O–H groups in total. The van der Waals surface area contributed by atoms with E-state index in [0.717, 1.165) is 65.5 Å². The van der Waals surface area contributed by atoms with E-state index < -0.39 is 0 Å². The van der Waals surface area contributed by atoms with E-state index in [1.807, 2.05) is 24.3 Å². The van der Waals surface area contributed by atoms with Crippen molar-refractivity contribution in [1.82, 2.24) is 20.4 Å². The van der Waals surface area contributed by atoms with Gasteiger partial charge in [-0.2, -0.15) is 4.98 Å². The van der Waals surface area contributed by atoms with Gasteiger partial charge < -0.3 is 19.5 Å². The highest BCUT2D eigenvalue weighted by Gasteiger charge is 2.33. The molecule has 0 fully saturated rings. The predicted molar refractivity (Wildman–Crippen MR) is 139 cm³/mol. The van der Waals surface area contributed by atoms with Crippen molar-refractivity contribution >= 4 is 22.9 Å². The van der Waals surface area contributed by atoms with Gasteiger partial charge in [0.15, 0.2) is 5.11 Å². The minimum Gasteiger partial charge on any atom is -0.497 e. The van der Waals surface area contributed by atoms with E-state index in [1.165, 1.54) is 5.56 Å². The predicted octanol–water partition coefficient (Wildman–Crippen LogP) is 6.16. The minimum atomic E-state index is -0.167. The number of nitrogens with one attached hydrogen (secondary N) is 1. The first-order chi connectivity index (χ1) is 16.5. The Labute approximate surface area is 207 Å². The normalized spacial score (nSPS) is 16.1. The van der Waals surface area contributed by atoms with Gasteiger partial charge in [0, 0.05) is 17.8 Å². The zero-order valence-corrected chi connectivity index (χ0v) is 21.1. The first kappa shape index (κ1) is 24.0. The Morgan fingerprint density at radius 1 is 1.12 bits per heavy atom. The maximum Gasteiger partial charge on any atom is 0.258 e.